The van der Waals surface area contributed by atoms with Gasteiger partial charge in [-0.15, -0.1) is 10.2 Å². The summed E-state index contributed by atoms with van der Waals surface area (Å²) < 4.78 is 5.41. The van der Waals surface area contributed by atoms with Crippen LogP contribution in [0.15, 0.2) is 48.5 Å². The minimum atomic E-state index is -0.361. The van der Waals surface area contributed by atoms with E-state index in [0.29, 0.717) is 22.4 Å². The molecule has 0 unspecified atom stereocenters. The van der Waals surface area contributed by atoms with Gasteiger partial charge in [0.1, 0.15) is 16.8 Å². The number of benzene rings is 2. The zero-order chi connectivity index (χ0) is 19.2. The molecule has 0 bridgehead atoms. The summed E-state index contributed by atoms with van der Waals surface area (Å²) in [6.07, 6.45) is 0. The van der Waals surface area contributed by atoms with Crippen molar-refractivity contribution in [2.75, 3.05) is 11.9 Å². The predicted molar refractivity (Wildman–Crippen MR) is 105 cm³/mol. The van der Waals surface area contributed by atoms with E-state index in [2.05, 4.69) is 41.5 Å². The van der Waals surface area contributed by atoms with Crippen LogP contribution in [0, 0.1) is 11.3 Å². The second kappa shape index (κ2) is 8.43. The van der Waals surface area contributed by atoms with E-state index in [4.69, 9.17) is 10.00 Å². The minimum absolute atomic E-state index is 0.212. The fourth-order valence-corrected chi connectivity index (χ4v) is 3.15. The van der Waals surface area contributed by atoms with E-state index in [1.54, 1.807) is 24.3 Å². The lowest BCUT2D eigenvalue weighted by atomic mass is 10.0. The first-order chi connectivity index (χ1) is 13.1. The van der Waals surface area contributed by atoms with Crippen molar-refractivity contribution in [3.63, 3.8) is 0 Å². The topological polar surface area (TPSA) is 87.9 Å². The molecular formula is C20H18N4O2S. The van der Waals surface area contributed by atoms with Crippen LogP contribution in [0.5, 0.6) is 5.75 Å². The first-order valence-corrected chi connectivity index (χ1v) is 9.24. The molecule has 0 fully saturated rings. The number of carbonyl (C=O) groups is 1. The number of anilines is 1. The van der Waals surface area contributed by atoms with E-state index in [1.165, 1.54) is 16.9 Å². The number of aromatic nitrogens is 2. The van der Waals surface area contributed by atoms with E-state index in [1.807, 2.05) is 18.2 Å². The summed E-state index contributed by atoms with van der Waals surface area (Å²) in [6.45, 7) is 4.08. The second-order valence-corrected chi connectivity index (χ2v) is 7.11. The van der Waals surface area contributed by atoms with Gasteiger partial charge in [0, 0.05) is 5.56 Å². The number of nitrogens with one attached hydrogen (secondary N) is 1. The number of nitriles is 1. The number of hydrogen-bond acceptors (Lipinski definition) is 6. The average Bonchev–Trinajstić information content (AvgIpc) is 3.15. The van der Waals surface area contributed by atoms with Crippen molar-refractivity contribution in [1.29, 1.82) is 5.26 Å². The van der Waals surface area contributed by atoms with Gasteiger partial charge < -0.3 is 4.74 Å². The highest BCUT2D eigenvalue weighted by Gasteiger charge is 2.11. The van der Waals surface area contributed by atoms with Crippen molar-refractivity contribution >= 4 is 22.4 Å². The normalized spacial score (nSPS) is 10.4. The fraction of sp³-hybridized carbons (Fsp3) is 0.200. The Morgan fingerprint density at radius 1 is 1.19 bits per heavy atom. The number of carbonyl (C=O) groups excluding carboxylic acids is 1. The monoisotopic (exact) mass is 378 g/mol. The summed E-state index contributed by atoms with van der Waals surface area (Å²) >= 11 is 1.30. The molecule has 1 heterocycles. The number of ether oxygens (including phenoxy) is 1. The van der Waals surface area contributed by atoms with E-state index >= 15 is 0 Å². The van der Waals surface area contributed by atoms with Gasteiger partial charge in [0.05, 0.1) is 5.56 Å². The van der Waals surface area contributed by atoms with E-state index in [0.717, 1.165) is 10.6 Å². The van der Waals surface area contributed by atoms with Gasteiger partial charge in [-0.1, -0.05) is 61.6 Å². The van der Waals surface area contributed by atoms with Crippen molar-refractivity contribution in [3.05, 3.63) is 59.7 Å². The maximum Gasteiger partial charge on any atom is 0.264 e. The molecule has 0 aliphatic rings. The summed E-state index contributed by atoms with van der Waals surface area (Å²) in [5.41, 5.74) is 2.59. The van der Waals surface area contributed by atoms with Crippen LogP contribution in [-0.2, 0) is 4.79 Å². The third-order valence-electron chi connectivity index (χ3n) is 3.86. The summed E-state index contributed by atoms with van der Waals surface area (Å²) in [4.78, 5) is 12.1. The minimum Gasteiger partial charge on any atom is -0.482 e. The zero-order valence-corrected chi connectivity index (χ0v) is 15.8. The zero-order valence-electron chi connectivity index (χ0n) is 15.0. The lowest BCUT2D eigenvalue weighted by Gasteiger charge is -2.06. The first kappa shape index (κ1) is 18.5. The van der Waals surface area contributed by atoms with Crippen molar-refractivity contribution in [2.45, 2.75) is 19.8 Å². The van der Waals surface area contributed by atoms with Crippen LogP contribution >= 0.6 is 11.3 Å². The van der Waals surface area contributed by atoms with Crippen LogP contribution in [0.4, 0.5) is 5.13 Å². The standard InChI is InChI=1S/C20H18N4O2S/c1-13(2)14-7-9-15(10-8-14)19-23-24-20(27-19)22-18(25)12-26-17-6-4-3-5-16(17)11-21/h3-10,13H,12H2,1-2H3,(H,22,24,25). The van der Waals surface area contributed by atoms with E-state index in [9.17, 15) is 4.79 Å². The third-order valence-corrected chi connectivity index (χ3v) is 4.75. The van der Waals surface area contributed by atoms with Gasteiger partial charge in [-0.3, -0.25) is 10.1 Å². The maximum absolute atomic E-state index is 12.1. The molecule has 3 rings (SSSR count). The number of para-hydroxylation sites is 1. The van der Waals surface area contributed by atoms with E-state index in [-0.39, 0.29) is 12.5 Å². The van der Waals surface area contributed by atoms with Crippen LogP contribution in [0.1, 0.15) is 30.9 Å². The van der Waals surface area contributed by atoms with Gasteiger partial charge in [0.25, 0.3) is 5.91 Å². The molecule has 0 radical (unpaired) electrons. The summed E-state index contributed by atoms with van der Waals surface area (Å²) in [7, 11) is 0. The van der Waals surface area contributed by atoms with Crippen molar-refractivity contribution in [2.24, 2.45) is 0 Å². The highest BCUT2D eigenvalue weighted by molar-refractivity contribution is 7.18. The lowest BCUT2D eigenvalue weighted by molar-refractivity contribution is -0.118. The Kier molecular flexibility index (Phi) is 5.79. The van der Waals surface area contributed by atoms with Crippen LogP contribution in [0.3, 0.4) is 0 Å². The number of hydrogen-bond donors (Lipinski definition) is 1. The van der Waals surface area contributed by atoms with E-state index < -0.39 is 0 Å². The van der Waals surface area contributed by atoms with Gasteiger partial charge in [0.2, 0.25) is 5.13 Å². The molecule has 136 valence electrons. The van der Waals surface area contributed by atoms with Crippen LogP contribution in [-0.4, -0.2) is 22.7 Å². The molecule has 0 aliphatic carbocycles. The molecule has 0 saturated heterocycles. The summed E-state index contributed by atoms with van der Waals surface area (Å²) in [5, 5.41) is 21.0. The smallest absolute Gasteiger partial charge is 0.264 e. The molecule has 7 heteroatoms. The number of amides is 1. The van der Waals surface area contributed by atoms with Crippen LogP contribution in [0.25, 0.3) is 10.6 Å². The van der Waals surface area contributed by atoms with Crippen LogP contribution in [0.2, 0.25) is 0 Å². The molecule has 0 spiro atoms. The molecule has 0 saturated carbocycles. The molecule has 0 aliphatic heterocycles. The molecular weight excluding hydrogens is 360 g/mol. The molecule has 27 heavy (non-hydrogen) atoms. The van der Waals surface area contributed by atoms with Crippen molar-refractivity contribution < 1.29 is 9.53 Å². The second-order valence-electron chi connectivity index (χ2n) is 6.13. The lowest BCUT2D eigenvalue weighted by Crippen LogP contribution is -2.20. The third kappa shape index (κ3) is 4.68. The van der Waals surface area contributed by atoms with Gasteiger partial charge >= 0.3 is 0 Å². The quantitative estimate of drug-likeness (QED) is 0.694. The Balaban J connectivity index is 1.60. The predicted octanol–water partition coefficient (Wildman–Crippen LogP) is 4.22. The van der Waals surface area contributed by atoms with Crippen molar-refractivity contribution in [1.82, 2.24) is 10.2 Å². The van der Waals surface area contributed by atoms with Gasteiger partial charge in [-0.05, 0) is 23.6 Å². The Morgan fingerprint density at radius 3 is 2.63 bits per heavy atom. The molecule has 0 atom stereocenters. The van der Waals surface area contributed by atoms with Crippen molar-refractivity contribution in [3.8, 4) is 22.4 Å². The number of nitrogens with zero attached hydrogens (tertiary/aromatic N) is 3. The molecule has 6 nitrogen and oxygen atoms in total. The molecule has 1 aromatic heterocycles. The molecule has 2 aromatic carbocycles. The van der Waals surface area contributed by atoms with Crippen LogP contribution < -0.4 is 10.1 Å². The Labute approximate surface area is 161 Å². The molecule has 1 amide bonds. The average molecular weight is 378 g/mol. The highest BCUT2D eigenvalue weighted by Crippen LogP contribution is 2.27. The highest BCUT2D eigenvalue weighted by atomic mass is 32.1. The Morgan fingerprint density at radius 2 is 1.93 bits per heavy atom. The Bertz CT molecular complexity index is 974. The van der Waals surface area contributed by atoms with Gasteiger partial charge in [-0.25, -0.2) is 0 Å². The summed E-state index contributed by atoms with van der Waals surface area (Å²) in [5.74, 6) is 0.480. The summed E-state index contributed by atoms with van der Waals surface area (Å²) in [6, 6.07) is 16.9. The molecule has 3 aromatic rings. The van der Waals surface area contributed by atoms with Gasteiger partial charge in [0.15, 0.2) is 6.61 Å². The largest absolute Gasteiger partial charge is 0.482 e. The fourth-order valence-electron chi connectivity index (χ4n) is 2.38. The Hall–Kier alpha value is -3.24. The van der Waals surface area contributed by atoms with Gasteiger partial charge in [-0.2, -0.15) is 5.26 Å². The SMILES string of the molecule is CC(C)c1ccc(-c2nnc(NC(=O)COc3ccccc3C#N)s2)cc1. The first-order valence-electron chi connectivity index (χ1n) is 8.42. The molecule has 1 N–H and O–H groups in total. The maximum atomic E-state index is 12.1. The number of rotatable bonds is 6.